The van der Waals surface area contributed by atoms with Crippen LogP contribution in [0, 0.1) is 0 Å². The summed E-state index contributed by atoms with van der Waals surface area (Å²) in [5, 5.41) is 11.0. The van der Waals surface area contributed by atoms with Crippen molar-refractivity contribution in [2.45, 2.75) is 83.7 Å². The molecule has 0 radical (unpaired) electrons. The third-order valence-corrected chi connectivity index (χ3v) is 7.16. The summed E-state index contributed by atoms with van der Waals surface area (Å²) in [7, 11) is -5.11. The van der Waals surface area contributed by atoms with Gasteiger partial charge in [-0.25, -0.2) is 4.79 Å². The number of amides is 1. The fourth-order valence-corrected chi connectivity index (χ4v) is 5.29. The fraction of sp³-hybridized carbons (Fsp3) is 0.682. The quantitative estimate of drug-likeness (QED) is 0.490. The Labute approximate surface area is 193 Å². The zero-order chi connectivity index (χ0) is 25.2. The zero-order valence-electron chi connectivity index (χ0n) is 20.1. The van der Waals surface area contributed by atoms with E-state index in [-0.39, 0.29) is 13.2 Å². The van der Waals surface area contributed by atoms with Crippen LogP contribution in [0.1, 0.15) is 60.1 Å². The summed E-state index contributed by atoms with van der Waals surface area (Å²) in [6.45, 7) is 10.00. The van der Waals surface area contributed by atoms with E-state index in [1.165, 1.54) is 27.7 Å². The molecule has 0 bridgehead atoms. The van der Waals surface area contributed by atoms with Crippen LogP contribution in [0.5, 0.6) is 0 Å². The molecule has 8 nitrogen and oxygen atoms in total. The fourth-order valence-electron chi connectivity index (χ4n) is 3.72. The lowest BCUT2D eigenvalue weighted by Crippen LogP contribution is -2.57. The van der Waals surface area contributed by atoms with Gasteiger partial charge < -0.3 is 23.6 Å². The number of hydrogen-bond donors (Lipinski definition) is 1. The molecule has 0 spiro atoms. The standard InChI is InChI=1S/C22H34F2NO7P/c1-8-29-33(28,30-9-2)22(23,24)18(26)16-17(15-13-11-10-12-14-15)31-21(6,7)25(16)19(27)32-20(3,4)5/h10-14,16-18,26H,8-9H2,1-7H3/t16-,17-,18-/m1/s1. The molecule has 1 N–H and O–H groups in total. The second kappa shape index (κ2) is 9.96. The van der Waals surface area contributed by atoms with Gasteiger partial charge >= 0.3 is 19.4 Å². The Kier molecular flexibility index (Phi) is 8.35. The average Bonchev–Trinajstić information content (AvgIpc) is 2.98. The SMILES string of the molecule is CCOP(=O)(OCC)C(F)(F)[C@H](O)[C@H]1[C@@H](c2ccccc2)OC(C)(C)N1C(=O)OC(C)(C)C. The lowest BCUT2D eigenvalue weighted by atomic mass is 9.97. The van der Waals surface area contributed by atoms with Crippen molar-refractivity contribution in [3.8, 4) is 0 Å². The van der Waals surface area contributed by atoms with Crippen LogP contribution < -0.4 is 0 Å². The van der Waals surface area contributed by atoms with E-state index in [4.69, 9.17) is 18.5 Å². The Morgan fingerprint density at radius 2 is 1.70 bits per heavy atom. The van der Waals surface area contributed by atoms with Gasteiger partial charge in [-0.15, -0.1) is 0 Å². The highest BCUT2D eigenvalue weighted by molar-refractivity contribution is 7.55. The maximum Gasteiger partial charge on any atom is 0.413 e. The summed E-state index contributed by atoms with van der Waals surface area (Å²) in [5.41, 5.74) is -6.30. The van der Waals surface area contributed by atoms with Gasteiger partial charge in [-0.3, -0.25) is 9.46 Å². The van der Waals surface area contributed by atoms with Gasteiger partial charge in [0.2, 0.25) is 0 Å². The summed E-state index contributed by atoms with van der Waals surface area (Å²) in [4.78, 5) is 14.1. The Bertz CT molecular complexity index is 850. The van der Waals surface area contributed by atoms with Crippen molar-refractivity contribution in [3.63, 3.8) is 0 Å². The number of nitrogens with zero attached hydrogens (tertiary/aromatic N) is 1. The van der Waals surface area contributed by atoms with Crippen molar-refractivity contribution in [1.29, 1.82) is 0 Å². The van der Waals surface area contributed by atoms with E-state index >= 15 is 8.78 Å². The first-order chi connectivity index (χ1) is 15.1. The van der Waals surface area contributed by atoms with E-state index in [9.17, 15) is 14.5 Å². The van der Waals surface area contributed by atoms with Crippen molar-refractivity contribution < 1.29 is 41.8 Å². The molecule has 11 heteroatoms. The predicted octanol–water partition coefficient (Wildman–Crippen LogP) is 5.32. The molecule has 1 heterocycles. The molecule has 1 aliphatic heterocycles. The monoisotopic (exact) mass is 493 g/mol. The number of hydrogen-bond acceptors (Lipinski definition) is 7. The number of rotatable bonds is 8. The van der Waals surface area contributed by atoms with E-state index in [0.717, 1.165) is 4.90 Å². The summed E-state index contributed by atoms with van der Waals surface area (Å²) in [6, 6.07) is 6.67. The summed E-state index contributed by atoms with van der Waals surface area (Å²) in [6.07, 6.45) is -4.80. The van der Waals surface area contributed by atoms with Crippen LogP contribution in [0.25, 0.3) is 0 Å². The van der Waals surface area contributed by atoms with Gasteiger partial charge in [0.25, 0.3) is 0 Å². The number of carbonyl (C=O) groups excluding carboxylic acids is 1. The maximum atomic E-state index is 15.6. The molecule has 2 rings (SSSR count). The van der Waals surface area contributed by atoms with E-state index < -0.39 is 48.9 Å². The van der Waals surface area contributed by atoms with E-state index in [1.54, 1.807) is 51.1 Å². The molecule has 1 aliphatic rings. The molecule has 0 unspecified atom stereocenters. The van der Waals surface area contributed by atoms with Crippen LogP contribution in [0.2, 0.25) is 0 Å². The molecule has 0 aromatic heterocycles. The summed E-state index contributed by atoms with van der Waals surface area (Å²) >= 11 is 0. The zero-order valence-corrected chi connectivity index (χ0v) is 21.0. The van der Waals surface area contributed by atoms with E-state index in [0.29, 0.717) is 5.56 Å². The molecule has 188 valence electrons. The summed E-state index contributed by atoms with van der Waals surface area (Å²) < 4.78 is 65.3. The minimum absolute atomic E-state index is 0.329. The number of aliphatic hydroxyl groups excluding tert-OH is 1. The van der Waals surface area contributed by atoms with Gasteiger partial charge in [-0.1, -0.05) is 30.3 Å². The summed E-state index contributed by atoms with van der Waals surface area (Å²) in [5.74, 6) is 0. The van der Waals surface area contributed by atoms with E-state index in [2.05, 4.69) is 0 Å². The Hall–Kier alpha value is -1.58. The van der Waals surface area contributed by atoms with Gasteiger partial charge in [0, 0.05) is 0 Å². The minimum atomic E-state index is -5.11. The predicted molar refractivity (Wildman–Crippen MR) is 118 cm³/mol. The van der Waals surface area contributed by atoms with E-state index in [1.807, 2.05) is 0 Å². The normalized spacial score (nSPS) is 22.3. The Morgan fingerprint density at radius 1 is 1.18 bits per heavy atom. The van der Waals surface area contributed by atoms with Crippen LogP contribution in [-0.4, -0.2) is 58.4 Å². The molecule has 1 saturated heterocycles. The molecule has 1 aromatic carbocycles. The number of aliphatic hydroxyl groups is 1. The van der Waals surface area contributed by atoms with Crippen molar-refractivity contribution in [2.75, 3.05) is 13.2 Å². The van der Waals surface area contributed by atoms with Crippen molar-refractivity contribution >= 4 is 13.7 Å². The number of benzene rings is 1. The second-order valence-corrected chi connectivity index (χ2v) is 11.2. The van der Waals surface area contributed by atoms with Crippen molar-refractivity contribution in [3.05, 3.63) is 35.9 Å². The first-order valence-corrected chi connectivity index (χ1v) is 12.4. The molecule has 1 amide bonds. The lowest BCUT2D eigenvalue weighted by Gasteiger charge is -2.39. The van der Waals surface area contributed by atoms with Crippen LogP contribution >= 0.6 is 7.60 Å². The van der Waals surface area contributed by atoms with Crippen LogP contribution in [0.4, 0.5) is 13.6 Å². The molecular formula is C22H34F2NO7P. The second-order valence-electron chi connectivity index (χ2n) is 9.10. The van der Waals surface area contributed by atoms with Gasteiger partial charge in [0.15, 0.2) is 6.10 Å². The number of alkyl halides is 2. The first kappa shape index (κ1) is 27.7. The maximum absolute atomic E-state index is 15.6. The Morgan fingerprint density at radius 3 is 2.15 bits per heavy atom. The smallest absolute Gasteiger partial charge is 0.413 e. The van der Waals surface area contributed by atoms with Crippen LogP contribution in [0.15, 0.2) is 30.3 Å². The molecule has 0 saturated carbocycles. The molecule has 33 heavy (non-hydrogen) atoms. The van der Waals surface area contributed by atoms with Gasteiger partial charge in [-0.05, 0) is 54.0 Å². The van der Waals surface area contributed by atoms with Gasteiger partial charge in [0.1, 0.15) is 23.5 Å². The average molecular weight is 493 g/mol. The molecule has 3 atom stereocenters. The molecule has 0 aliphatic carbocycles. The number of ether oxygens (including phenoxy) is 2. The first-order valence-electron chi connectivity index (χ1n) is 10.8. The van der Waals surface area contributed by atoms with Gasteiger partial charge in [0.05, 0.1) is 13.2 Å². The molecular weight excluding hydrogens is 459 g/mol. The van der Waals surface area contributed by atoms with Gasteiger partial charge in [-0.2, -0.15) is 8.78 Å². The minimum Gasteiger partial charge on any atom is -0.444 e. The van der Waals surface area contributed by atoms with Crippen LogP contribution in [-0.2, 0) is 23.1 Å². The molecule has 1 aromatic rings. The highest BCUT2D eigenvalue weighted by Gasteiger charge is 2.66. The van der Waals surface area contributed by atoms with Crippen molar-refractivity contribution in [2.24, 2.45) is 0 Å². The number of carbonyl (C=O) groups is 1. The van der Waals surface area contributed by atoms with Crippen molar-refractivity contribution in [1.82, 2.24) is 4.90 Å². The third-order valence-electron chi connectivity index (χ3n) is 4.96. The third kappa shape index (κ3) is 5.74. The Balaban J connectivity index is 2.63. The topological polar surface area (TPSA) is 94.5 Å². The molecule has 1 fully saturated rings. The highest BCUT2D eigenvalue weighted by atomic mass is 31.2. The lowest BCUT2D eigenvalue weighted by molar-refractivity contribution is -0.106. The largest absolute Gasteiger partial charge is 0.444 e. The highest BCUT2D eigenvalue weighted by Crippen LogP contribution is 2.65. The van der Waals surface area contributed by atoms with Crippen LogP contribution in [0.3, 0.4) is 0 Å². The number of halogens is 2.